The maximum absolute atomic E-state index is 11.9. The van der Waals surface area contributed by atoms with Crippen LogP contribution in [-0.2, 0) is 17.9 Å². The predicted octanol–water partition coefficient (Wildman–Crippen LogP) is 2.50. The number of guanidine groups is 1. The van der Waals surface area contributed by atoms with Gasteiger partial charge in [0.05, 0.1) is 12.0 Å². The predicted molar refractivity (Wildman–Crippen MR) is 116 cm³/mol. The van der Waals surface area contributed by atoms with Gasteiger partial charge in [-0.1, -0.05) is 30.7 Å². The molecule has 0 bridgehead atoms. The van der Waals surface area contributed by atoms with Crippen molar-refractivity contribution in [1.82, 2.24) is 20.9 Å². The Kier molecular flexibility index (Phi) is 8.77. The second-order valence-corrected chi connectivity index (χ2v) is 8.17. The van der Waals surface area contributed by atoms with Crippen molar-refractivity contribution >= 4 is 11.9 Å². The number of carbonyl (C=O) groups excluding carboxylic acids is 1. The summed E-state index contributed by atoms with van der Waals surface area (Å²) < 4.78 is 0. The van der Waals surface area contributed by atoms with Crippen LogP contribution in [0.1, 0.15) is 51.2 Å². The molecule has 0 spiro atoms. The van der Waals surface area contributed by atoms with Crippen molar-refractivity contribution in [1.29, 1.82) is 0 Å². The van der Waals surface area contributed by atoms with Crippen LogP contribution in [0.25, 0.3) is 0 Å². The second-order valence-electron chi connectivity index (χ2n) is 8.17. The third kappa shape index (κ3) is 7.15. The number of carbonyl (C=O) groups is 1. The van der Waals surface area contributed by atoms with Crippen LogP contribution < -0.4 is 16.0 Å². The number of nitrogens with zero attached hydrogens (tertiary/aromatic N) is 2. The Hall–Kier alpha value is -2.08. The van der Waals surface area contributed by atoms with E-state index < -0.39 is 5.41 Å². The molecule has 1 aromatic rings. The number of benzene rings is 1. The average molecular weight is 388 g/mol. The molecule has 1 saturated heterocycles. The minimum atomic E-state index is -0.499. The van der Waals surface area contributed by atoms with Crippen molar-refractivity contribution in [2.75, 3.05) is 33.2 Å². The molecule has 3 N–H and O–H groups in total. The lowest BCUT2D eigenvalue weighted by Gasteiger charge is -2.26. The largest absolute Gasteiger partial charge is 0.359 e. The Morgan fingerprint density at radius 3 is 2.32 bits per heavy atom. The van der Waals surface area contributed by atoms with Crippen molar-refractivity contribution in [3.05, 3.63) is 35.4 Å². The van der Waals surface area contributed by atoms with Crippen molar-refractivity contribution in [3.8, 4) is 0 Å². The molecule has 1 aliphatic rings. The van der Waals surface area contributed by atoms with Crippen LogP contribution in [-0.4, -0.2) is 50.0 Å². The summed E-state index contributed by atoms with van der Waals surface area (Å²) >= 11 is 0. The molecule has 1 amide bonds. The highest BCUT2D eigenvalue weighted by molar-refractivity contribution is 5.84. The van der Waals surface area contributed by atoms with Crippen LogP contribution in [0.2, 0.25) is 0 Å². The minimum absolute atomic E-state index is 0.0140. The van der Waals surface area contributed by atoms with Crippen LogP contribution in [0.4, 0.5) is 0 Å². The fourth-order valence-corrected chi connectivity index (χ4v) is 3.36. The molecule has 0 saturated carbocycles. The number of piperidine rings is 1. The highest BCUT2D eigenvalue weighted by atomic mass is 16.2. The second kappa shape index (κ2) is 11.1. The molecule has 156 valence electrons. The highest BCUT2D eigenvalue weighted by Crippen LogP contribution is 2.14. The number of nitrogens with one attached hydrogen (secondary N) is 3. The maximum atomic E-state index is 11.9. The number of amides is 1. The van der Waals surface area contributed by atoms with Crippen molar-refractivity contribution in [2.45, 2.75) is 53.1 Å². The molecule has 0 aliphatic carbocycles. The Morgan fingerprint density at radius 2 is 1.71 bits per heavy atom. The summed E-state index contributed by atoms with van der Waals surface area (Å²) in [5.74, 6) is 0.747. The quantitative estimate of drug-likeness (QED) is 0.474. The first-order valence-corrected chi connectivity index (χ1v) is 10.5. The zero-order valence-electron chi connectivity index (χ0n) is 18.0. The van der Waals surface area contributed by atoms with Gasteiger partial charge in [0, 0.05) is 26.7 Å². The summed E-state index contributed by atoms with van der Waals surface area (Å²) in [5, 5.41) is 9.24. The lowest BCUT2D eigenvalue weighted by atomic mass is 9.92. The van der Waals surface area contributed by atoms with Crippen LogP contribution in [0, 0.1) is 5.41 Å². The summed E-state index contributed by atoms with van der Waals surface area (Å²) in [6, 6.07) is 8.77. The van der Waals surface area contributed by atoms with E-state index in [4.69, 9.17) is 0 Å². The zero-order chi connectivity index (χ0) is 20.4. The Balaban J connectivity index is 1.89. The average Bonchev–Trinajstić information content (AvgIpc) is 2.71. The molecular weight excluding hydrogens is 350 g/mol. The van der Waals surface area contributed by atoms with E-state index in [1.54, 1.807) is 7.05 Å². The topological polar surface area (TPSA) is 68.8 Å². The van der Waals surface area contributed by atoms with Gasteiger partial charge in [0.2, 0.25) is 5.91 Å². The molecule has 1 heterocycles. The van der Waals surface area contributed by atoms with Gasteiger partial charge in [0.25, 0.3) is 0 Å². The lowest BCUT2D eigenvalue weighted by Crippen LogP contribution is -2.47. The Labute approximate surface area is 170 Å². The van der Waals surface area contributed by atoms with E-state index in [0.717, 1.165) is 19.0 Å². The number of aliphatic imine (C=N–C) groups is 1. The molecule has 0 aromatic heterocycles. The zero-order valence-corrected chi connectivity index (χ0v) is 18.0. The molecular formula is C22H37N5O. The highest BCUT2D eigenvalue weighted by Gasteiger charge is 2.26. The van der Waals surface area contributed by atoms with E-state index in [1.807, 2.05) is 20.8 Å². The van der Waals surface area contributed by atoms with Gasteiger partial charge in [0.1, 0.15) is 0 Å². The summed E-state index contributed by atoms with van der Waals surface area (Å²) in [7, 11) is 1.67. The SMILES string of the molecule is CCNC(=NCc1ccc(CN2CCCCC2)cc1)NCC(C)(C)C(=O)NC. The molecule has 0 radical (unpaired) electrons. The molecule has 0 unspecified atom stereocenters. The first kappa shape index (κ1) is 22.2. The molecule has 1 aromatic carbocycles. The van der Waals surface area contributed by atoms with Gasteiger partial charge in [-0.05, 0) is 57.8 Å². The van der Waals surface area contributed by atoms with E-state index >= 15 is 0 Å². The van der Waals surface area contributed by atoms with Crippen molar-refractivity contribution in [3.63, 3.8) is 0 Å². The third-order valence-corrected chi connectivity index (χ3v) is 5.18. The molecule has 0 atom stereocenters. The number of hydrogen-bond donors (Lipinski definition) is 3. The first-order valence-electron chi connectivity index (χ1n) is 10.5. The fourth-order valence-electron chi connectivity index (χ4n) is 3.36. The van der Waals surface area contributed by atoms with Crippen molar-refractivity contribution < 1.29 is 4.79 Å². The van der Waals surface area contributed by atoms with Crippen LogP contribution in [0.15, 0.2) is 29.3 Å². The van der Waals surface area contributed by atoms with Gasteiger partial charge in [-0.25, -0.2) is 4.99 Å². The van der Waals surface area contributed by atoms with Gasteiger partial charge >= 0.3 is 0 Å². The third-order valence-electron chi connectivity index (χ3n) is 5.18. The number of rotatable bonds is 8. The molecule has 28 heavy (non-hydrogen) atoms. The number of hydrogen-bond acceptors (Lipinski definition) is 3. The van der Waals surface area contributed by atoms with E-state index in [2.05, 4.69) is 50.1 Å². The normalized spacial score (nSPS) is 15.9. The van der Waals surface area contributed by atoms with Gasteiger partial charge in [-0.3, -0.25) is 9.69 Å². The molecule has 1 aliphatic heterocycles. The van der Waals surface area contributed by atoms with Gasteiger partial charge < -0.3 is 16.0 Å². The summed E-state index contributed by atoms with van der Waals surface area (Å²) in [6.45, 7) is 11.3. The van der Waals surface area contributed by atoms with Gasteiger partial charge in [-0.15, -0.1) is 0 Å². The fraction of sp³-hybridized carbons (Fsp3) is 0.636. The Bertz CT molecular complexity index is 633. The standard InChI is InChI=1S/C22H37N5O/c1-5-24-21(26-17-22(2,3)20(28)23-4)25-15-18-9-11-19(12-10-18)16-27-13-7-6-8-14-27/h9-12H,5-8,13-17H2,1-4H3,(H,23,28)(H2,24,25,26). The van der Waals surface area contributed by atoms with Crippen LogP contribution in [0.5, 0.6) is 0 Å². The number of likely N-dealkylation sites (tertiary alicyclic amines) is 1. The maximum Gasteiger partial charge on any atom is 0.227 e. The molecule has 1 fully saturated rings. The first-order chi connectivity index (χ1) is 13.4. The van der Waals surface area contributed by atoms with Gasteiger partial charge in [-0.2, -0.15) is 0 Å². The molecule has 6 heteroatoms. The van der Waals surface area contributed by atoms with E-state index in [0.29, 0.717) is 13.1 Å². The summed E-state index contributed by atoms with van der Waals surface area (Å²) in [4.78, 5) is 19.2. The smallest absolute Gasteiger partial charge is 0.227 e. The lowest BCUT2D eigenvalue weighted by molar-refractivity contribution is -0.128. The molecule has 2 rings (SSSR count). The van der Waals surface area contributed by atoms with E-state index in [-0.39, 0.29) is 5.91 Å². The Morgan fingerprint density at radius 1 is 1.07 bits per heavy atom. The summed E-state index contributed by atoms with van der Waals surface area (Å²) in [5.41, 5.74) is 2.05. The van der Waals surface area contributed by atoms with E-state index in [9.17, 15) is 4.79 Å². The monoisotopic (exact) mass is 387 g/mol. The molecule has 6 nitrogen and oxygen atoms in total. The van der Waals surface area contributed by atoms with Crippen LogP contribution in [0.3, 0.4) is 0 Å². The van der Waals surface area contributed by atoms with Crippen LogP contribution >= 0.6 is 0 Å². The van der Waals surface area contributed by atoms with Crippen molar-refractivity contribution in [2.24, 2.45) is 10.4 Å². The summed E-state index contributed by atoms with van der Waals surface area (Å²) in [6.07, 6.45) is 4.02. The van der Waals surface area contributed by atoms with E-state index in [1.165, 1.54) is 43.5 Å². The minimum Gasteiger partial charge on any atom is -0.359 e. The van der Waals surface area contributed by atoms with Gasteiger partial charge in [0.15, 0.2) is 5.96 Å².